The van der Waals surface area contributed by atoms with E-state index < -0.39 is 11.7 Å². The Morgan fingerprint density at radius 2 is 2.21 bits per heavy atom. The van der Waals surface area contributed by atoms with Crippen LogP contribution in [0.1, 0.15) is 19.4 Å². The molecule has 0 radical (unpaired) electrons. The lowest BCUT2D eigenvalue weighted by Crippen LogP contribution is -2.35. The molecule has 102 valence electrons. The summed E-state index contributed by atoms with van der Waals surface area (Å²) in [5.41, 5.74) is 1.91. The Balaban J connectivity index is 2.21. The highest BCUT2D eigenvalue weighted by Gasteiger charge is 2.21. The standard InChI is InChI=1S/C13H16N2O4/c1-13(2,7-14-6-11(16)17)8-3-4-10-9(5-8)15-12(18)19-10/h3-5,14H,6-7H2,1-2H3,(H,15,18)(H,16,17). The molecule has 0 unspecified atom stereocenters. The molecule has 0 aliphatic heterocycles. The molecule has 0 fully saturated rings. The van der Waals surface area contributed by atoms with Crippen molar-refractivity contribution < 1.29 is 14.3 Å². The number of hydrogen-bond acceptors (Lipinski definition) is 4. The molecular formula is C13H16N2O4. The van der Waals surface area contributed by atoms with E-state index in [9.17, 15) is 9.59 Å². The van der Waals surface area contributed by atoms with Gasteiger partial charge in [-0.25, -0.2) is 4.79 Å². The SMILES string of the molecule is CC(C)(CNCC(=O)O)c1ccc2oc(=O)[nH]c2c1. The first-order valence-corrected chi connectivity index (χ1v) is 5.94. The topological polar surface area (TPSA) is 95.3 Å². The quantitative estimate of drug-likeness (QED) is 0.751. The predicted octanol–water partition coefficient (Wildman–Crippen LogP) is 1.07. The number of fused-ring (bicyclic) bond motifs is 1. The van der Waals surface area contributed by atoms with E-state index in [1.54, 1.807) is 6.07 Å². The number of nitrogens with one attached hydrogen (secondary N) is 2. The average Bonchev–Trinajstić information content (AvgIpc) is 2.67. The number of oxazole rings is 1. The summed E-state index contributed by atoms with van der Waals surface area (Å²) in [7, 11) is 0. The molecule has 0 atom stereocenters. The number of carboxylic acid groups (broad SMARTS) is 1. The molecule has 1 aromatic heterocycles. The largest absolute Gasteiger partial charge is 0.480 e. The van der Waals surface area contributed by atoms with E-state index >= 15 is 0 Å². The Bertz CT molecular complexity index is 654. The molecule has 0 spiro atoms. The Kier molecular flexibility index (Phi) is 3.44. The van der Waals surface area contributed by atoms with Gasteiger partial charge in [-0.1, -0.05) is 19.9 Å². The minimum atomic E-state index is -0.884. The van der Waals surface area contributed by atoms with E-state index in [1.807, 2.05) is 26.0 Å². The molecule has 2 rings (SSSR count). The van der Waals surface area contributed by atoms with E-state index in [2.05, 4.69) is 10.3 Å². The van der Waals surface area contributed by atoms with E-state index in [-0.39, 0.29) is 12.0 Å². The highest BCUT2D eigenvalue weighted by atomic mass is 16.4. The van der Waals surface area contributed by atoms with E-state index in [1.165, 1.54) is 0 Å². The number of aliphatic carboxylic acids is 1. The lowest BCUT2D eigenvalue weighted by molar-refractivity contribution is -0.136. The third kappa shape index (κ3) is 3.03. The second-order valence-corrected chi connectivity index (χ2v) is 5.11. The zero-order valence-electron chi connectivity index (χ0n) is 10.8. The predicted molar refractivity (Wildman–Crippen MR) is 70.4 cm³/mol. The second-order valence-electron chi connectivity index (χ2n) is 5.11. The van der Waals surface area contributed by atoms with Crippen molar-refractivity contribution in [3.63, 3.8) is 0 Å². The molecule has 0 aliphatic rings. The summed E-state index contributed by atoms with van der Waals surface area (Å²) in [5.74, 6) is -1.36. The minimum Gasteiger partial charge on any atom is -0.480 e. The fourth-order valence-corrected chi connectivity index (χ4v) is 1.96. The Morgan fingerprint density at radius 1 is 1.47 bits per heavy atom. The first kappa shape index (κ1) is 13.4. The van der Waals surface area contributed by atoms with Crippen molar-refractivity contribution in [1.82, 2.24) is 10.3 Å². The van der Waals surface area contributed by atoms with Crippen molar-refractivity contribution >= 4 is 17.1 Å². The summed E-state index contributed by atoms with van der Waals surface area (Å²) >= 11 is 0. The lowest BCUT2D eigenvalue weighted by Gasteiger charge is -2.25. The van der Waals surface area contributed by atoms with E-state index in [0.29, 0.717) is 17.6 Å². The van der Waals surface area contributed by atoms with Crippen LogP contribution in [0.5, 0.6) is 0 Å². The molecule has 1 heterocycles. The van der Waals surface area contributed by atoms with Gasteiger partial charge in [-0.15, -0.1) is 0 Å². The Labute approximate surface area is 109 Å². The number of aromatic amines is 1. The molecule has 0 saturated carbocycles. The van der Waals surface area contributed by atoms with Crippen LogP contribution in [0.25, 0.3) is 11.1 Å². The van der Waals surface area contributed by atoms with Crippen molar-refractivity contribution in [3.8, 4) is 0 Å². The summed E-state index contributed by atoms with van der Waals surface area (Å²) < 4.78 is 4.94. The first-order chi connectivity index (χ1) is 8.88. The van der Waals surface area contributed by atoms with Crippen LogP contribution >= 0.6 is 0 Å². The van der Waals surface area contributed by atoms with Gasteiger partial charge in [0.2, 0.25) is 0 Å². The van der Waals surface area contributed by atoms with Crippen LogP contribution in [-0.2, 0) is 10.2 Å². The summed E-state index contributed by atoms with van der Waals surface area (Å²) in [6.07, 6.45) is 0. The van der Waals surface area contributed by atoms with Gasteiger partial charge in [0.25, 0.3) is 0 Å². The molecule has 0 amide bonds. The van der Waals surface area contributed by atoms with Gasteiger partial charge in [0.05, 0.1) is 12.1 Å². The molecule has 3 N–H and O–H groups in total. The zero-order valence-corrected chi connectivity index (χ0v) is 10.8. The molecule has 0 bridgehead atoms. The third-order valence-corrected chi connectivity index (χ3v) is 3.04. The Hall–Kier alpha value is -2.08. The van der Waals surface area contributed by atoms with Crippen LogP contribution in [0.4, 0.5) is 0 Å². The summed E-state index contributed by atoms with van der Waals surface area (Å²) in [6.45, 7) is 4.45. The lowest BCUT2D eigenvalue weighted by atomic mass is 9.84. The highest BCUT2D eigenvalue weighted by Crippen LogP contribution is 2.25. The van der Waals surface area contributed by atoms with Crippen molar-refractivity contribution in [1.29, 1.82) is 0 Å². The molecule has 6 nitrogen and oxygen atoms in total. The van der Waals surface area contributed by atoms with Gasteiger partial charge >= 0.3 is 11.7 Å². The molecule has 1 aromatic carbocycles. The van der Waals surface area contributed by atoms with Gasteiger partial charge in [-0.3, -0.25) is 9.78 Å². The second kappa shape index (κ2) is 4.89. The van der Waals surface area contributed by atoms with Crippen molar-refractivity contribution in [3.05, 3.63) is 34.3 Å². The van der Waals surface area contributed by atoms with Gasteiger partial charge < -0.3 is 14.8 Å². The van der Waals surface area contributed by atoms with Gasteiger partial charge in [0, 0.05) is 12.0 Å². The highest BCUT2D eigenvalue weighted by molar-refractivity contribution is 5.73. The number of benzene rings is 1. The van der Waals surface area contributed by atoms with Crippen LogP contribution in [-0.4, -0.2) is 29.1 Å². The number of rotatable bonds is 5. The number of aromatic nitrogens is 1. The van der Waals surface area contributed by atoms with Crippen LogP contribution in [0.3, 0.4) is 0 Å². The van der Waals surface area contributed by atoms with E-state index in [0.717, 1.165) is 5.56 Å². The van der Waals surface area contributed by atoms with Crippen molar-refractivity contribution in [2.45, 2.75) is 19.3 Å². The smallest absolute Gasteiger partial charge is 0.417 e. The fourth-order valence-electron chi connectivity index (χ4n) is 1.96. The molecule has 0 aliphatic carbocycles. The van der Waals surface area contributed by atoms with Crippen LogP contribution in [0.15, 0.2) is 27.4 Å². The number of hydrogen-bond donors (Lipinski definition) is 3. The van der Waals surface area contributed by atoms with Gasteiger partial charge in [0.15, 0.2) is 5.58 Å². The van der Waals surface area contributed by atoms with Crippen molar-refractivity contribution in [2.24, 2.45) is 0 Å². The van der Waals surface area contributed by atoms with Gasteiger partial charge in [-0.05, 0) is 17.7 Å². The number of carboxylic acids is 1. The van der Waals surface area contributed by atoms with Crippen LogP contribution < -0.4 is 11.1 Å². The normalized spacial score (nSPS) is 11.9. The Morgan fingerprint density at radius 3 is 2.89 bits per heavy atom. The molecule has 6 heteroatoms. The molecular weight excluding hydrogens is 248 g/mol. The van der Waals surface area contributed by atoms with Crippen molar-refractivity contribution in [2.75, 3.05) is 13.1 Å². The molecule has 19 heavy (non-hydrogen) atoms. The summed E-state index contributed by atoms with van der Waals surface area (Å²) in [5, 5.41) is 11.5. The zero-order chi connectivity index (χ0) is 14.0. The van der Waals surface area contributed by atoms with Gasteiger partial charge in [-0.2, -0.15) is 0 Å². The molecule has 2 aromatic rings. The average molecular weight is 264 g/mol. The molecule has 0 saturated heterocycles. The first-order valence-electron chi connectivity index (χ1n) is 5.94. The maximum Gasteiger partial charge on any atom is 0.417 e. The monoisotopic (exact) mass is 264 g/mol. The number of carbonyl (C=O) groups is 1. The van der Waals surface area contributed by atoms with Gasteiger partial charge in [0.1, 0.15) is 0 Å². The van der Waals surface area contributed by atoms with Crippen LogP contribution in [0, 0.1) is 0 Å². The van der Waals surface area contributed by atoms with E-state index in [4.69, 9.17) is 9.52 Å². The maximum absolute atomic E-state index is 11.1. The summed E-state index contributed by atoms with van der Waals surface area (Å²) in [6, 6.07) is 5.46. The number of H-pyrrole nitrogens is 1. The fraction of sp³-hybridized carbons (Fsp3) is 0.385. The van der Waals surface area contributed by atoms with Crippen LogP contribution in [0.2, 0.25) is 0 Å². The summed E-state index contributed by atoms with van der Waals surface area (Å²) in [4.78, 5) is 24.2. The maximum atomic E-state index is 11.1. The third-order valence-electron chi connectivity index (χ3n) is 3.04. The minimum absolute atomic E-state index is 0.0752.